The number of carbonyl (C=O) groups excluding carboxylic acids is 1. The number of anilines is 1. The van der Waals surface area contributed by atoms with E-state index in [0.717, 1.165) is 5.69 Å². The minimum Gasteiger partial charge on any atom is -0.409 e. The highest BCUT2D eigenvalue weighted by Gasteiger charge is 2.33. The van der Waals surface area contributed by atoms with Gasteiger partial charge in [0.25, 0.3) is 0 Å². The fourth-order valence-electron chi connectivity index (χ4n) is 1.42. The number of oxime groups is 1. The number of aromatic nitrogens is 2. The Morgan fingerprint density at radius 3 is 2.78 bits per heavy atom. The quantitative estimate of drug-likeness (QED) is 0.318. The largest absolute Gasteiger partial charge is 0.409 e. The smallest absolute Gasteiger partial charge is 0.237 e. The predicted molar refractivity (Wildman–Crippen MR) is 68.4 cm³/mol. The van der Waals surface area contributed by atoms with Crippen LogP contribution in [0.2, 0.25) is 0 Å². The van der Waals surface area contributed by atoms with Crippen molar-refractivity contribution < 1.29 is 10.0 Å². The number of amides is 1. The van der Waals surface area contributed by atoms with Gasteiger partial charge >= 0.3 is 0 Å². The summed E-state index contributed by atoms with van der Waals surface area (Å²) in [6.45, 7) is 5.12. The van der Waals surface area contributed by atoms with Gasteiger partial charge in [0.1, 0.15) is 5.41 Å². The van der Waals surface area contributed by atoms with Crippen molar-refractivity contribution in [1.29, 1.82) is 0 Å². The Hall–Kier alpha value is -2.05. The van der Waals surface area contributed by atoms with Crippen LogP contribution in [0.5, 0.6) is 0 Å². The van der Waals surface area contributed by atoms with E-state index in [2.05, 4.69) is 15.6 Å². The SMILES string of the molecule is CCc1nn(C)cc1NC(=O)C(C)(C)/C(N)=N/O. The molecule has 1 aromatic heterocycles. The highest BCUT2D eigenvalue weighted by Crippen LogP contribution is 2.21. The molecule has 0 aliphatic carbocycles. The van der Waals surface area contributed by atoms with Gasteiger partial charge in [-0.25, -0.2) is 0 Å². The molecule has 0 aliphatic heterocycles. The summed E-state index contributed by atoms with van der Waals surface area (Å²) in [7, 11) is 1.78. The van der Waals surface area contributed by atoms with Crippen LogP contribution < -0.4 is 11.1 Å². The molecule has 4 N–H and O–H groups in total. The fraction of sp³-hybridized carbons (Fsp3) is 0.545. The second kappa shape index (κ2) is 5.07. The first-order valence-corrected chi connectivity index (χ1v) is 5.64. The van der Waals surface area contributed by atoms with Gasteiger partial charge in [-0.2, -0.15) is 5.10 Å². The molecule has 1 rings (SSSR count). The molecular formula is C11H19N5O2. The maximum Gasteiger partial charge on any atom is 0.237 e. The summed E-state index contributed by atoms with van der Waals surface area (Å²) in [6.07, 6.45) is 2.43. The second-order valence-corrected chi connectivity index (χ2v) is 4.58. The van der Waals surface area contributed by atoms with E-state index in [1.807, 2.05) is 6.92 Å². The van der Waals surface area contributed by atoms with Crippen molar-refractivity contribution in [1.82, 2.24) is 9.78 Å². The van der Waals surface area contributed by atoms with E-state index < -0.39 is 5.41 Å². The maximum absolute atomic E-state index is 12.1. The van der Waals surface area contributed by atoms with Crippen molar-refractivity contribution in [2.24, 2.45) is 23.4 Å². The number of nitrogens with two attached hydrogens (primary N) is 1. The zero-order valence-electron chi connectivity index (χ0n) is 11.1. The Balaban J connectivity index is 2.94. The van der Waals surface area contributed by atoms with Gasteiger partial charge in [-0.3, -0.25) is 9.48 Å². The highest BCUT2D eigenvalue weighted by atomic mass is 16.4. The third-order valence-electron chi connectivity index (χ3n) is 2.80. The number of hydrogen-bond acceptors (Lipinski definition) is 4. The minimum atomic E-state index is -1.09. The van der Waals surface area contributed by atoms with Crippen LogP contribution >= 0.6 is 0 Å². The molecule has 1 aromatic rings. The third-order valence-corrected chi connectivity index (χ3v) is 2.80. The van der Waals surface area contributed by atoms with E-state index in [9.17, 15) is 4.79 Å². The summed E-state index contributed by atoms with van der Waals surface area (Å²) < 4.78 is 1.63. The predicted octanol–water partition coefficient (Wildman–Crippen LogP) is 0.694. The van der Waals surface area contributed by atoms with Crippen LogP contribution in [0, 0.1) is 5.41 Å². The lowest BCUT2D eigenvalue weighted by molar-refractivity contribution is -0.121. The van der Waals surface area contributed by atoms with E-state index in [0.29, 0.717) is 12.1 Å². The molecule has 18 heavy (non-hydrogen) atoms. The van der Waals surface area contributed by atoms with Crippen molar-refractivity contribution in [3.63, 3.8) is 0 Å². The first-order chi connectivity index (χ1) is 8.32. The summed E-state index contributed by atoms with van der Waals surface area (Å²) in [6, 6.07) is 0. The molecule has 1 amide bonds. The molecule has 0 bridgehead atoms. The monoisotopic (exact) mass is 253 g/mol. The molecule has 7 nitrogen and oxygen atoms in total. The van der Waals surface area contributed by atoms with Gasteiger partial charge in [-0.15, -0.1) is 0 Å². The van der Waals surface area contributed by atoms with Gasteiger partial charge in [0.2, 0.25) is 5.91 Å². The van der Waals surface area contributed by atoms with Crippen molar-refractivity contribution in [2.75, 3.05) is 5.32 Å². The molecular weight excluding hydrogens is 234 g/mol. The number of rotatable bonds is 4. The van der Waals surface area contributed by atoms with Crippen molar-refractivity contribution in [3.8, 4) is 0 Å². The normalized spacial score (nSPS) is 12.6. The number of nitrogens with zero attached hydrogens (tertiary/aromatic N) is 3. The number of amidine groups is 1. The van der Waals surface area contributed by atoms with Crippen LogP contribution in [0.1, 0.15) is 26.5 Å². The topological polar surface area (TPSA) is 106 Å². The molecule has 0 spiro atoms. The standard InChI is InChI=1S/C11H19N5O2/c1-5-7-8(6-16(4)14-7)13-10(17)11(2,3)9(12)15-18/h6,18H,5H2,1-4H3,(H2,12,15)(H,13,17). The van der Waals surface area contributed by atoms with Gasteiger partial charge in [0, 0.05) is 13.2 Å². The third kappa shape index (κ3) is 2.61. The zero-order valence-corrected chi connectivity index (χ0v) is 11.1. The first-order valence-electron chi connectivity index (χ1n) is 5.64. The van der Waals surface area contributed by atoms with Crippen LogP contribution in [-0.2, 0) is 18.3 Å². The Labute approximate surface area is 106 Å². The van der Waals surface area contributed by atoms with E-state index in [4.69, 9.17) is 10.9 Å². The van der Waals surface area contributed by atoms with Crippen LogP contribution in [-0.4, -0.2) is 26.7 Å². The van der Waals surface area contributed by atoms with Gasteiger partial charge in [0.15, 0.2) is 5.84 Å². The molecule has 0 radical (unpaired) electrons. The van der Waals surface area contributed by atoms with Crippen molar-refractivity contribution >= 4 is 17.4 Å². The molecule has 0 aromatic carbocycles. The summed E-state index contributed by atoms with van der Waals surface area (Å²) in [5.41, 5.74) is 5.85. The minimum absolute atomic E-state index is 0.137. The molecule has 0 atom stereocenters. The number of nitrogens with one attached hydrogen (secondary N) is 1. The lowest BCUT2D eigenvalue weighted by Crippen LogP contribution is -2.42. The lowest BCUT2D eigenvalue weighted by Gasteiger charge is -2.21. The molecule has 0 unspecified atom stereocenters. The molecule has 1 heterocycles. The van der Waals surface area contributed by atoms with Crippen LogP contribution in [0.4, 0.5) is 5.69 Å². The summed E-state index contributed by atoms with van der Waals surface area (Å²) in [4.78, 5) is 12.1. The number of aryl methyl sites for hydroxylation is 2. The van der Waals surface area contributed by atoms with Gasteiger partial charge in [-0.05, 0) is 20.3 Å². The molecule has 7 heteroatoms. The second-order valence-electron chi connectivity index (χ2n) is 4.58. The Morgan fingerprint density at radius 2 is 2.28 bits per heavy atom. The average Bonchev–Trinajstić information content (AvgIpc) is 2.68. The van der Waals surface area contributed by atoms with Crippen molar-refractivity contribution in [2.45, 2.75) is 27.2 Å². The van der Waals surface area contributed by atoms with Crippen LogP contribution in [0.25, 0.3) is 0 Å². The lowest BCUT2D eigenvalue weighted by atomic mass is 9.91. The molecule has 0 fully saturated rings. The molecule has 0 saturated heterocycles. The zero-order chi connectivity index (χ0) is 13.9. The Kier molecular flexibility index (Phi) is 3.95. The van der Waals surface area contributed by atoms with Gasteiger partial charge in [-0.1, -0.05) is 12.1 Å². The van der Waals surface area contributed by atoms with Gasteiger partial charge < -0.3 is 16.3 Å². The van der Waals surface area contributed by atoms with E-state index in [1.54, 1.807) is 31.8 Å². The van der Waals surface area contributed by atoms with Crippen LogP contribution in [0.3, 0.4) is 0 Å². The van der Waals surface area contributed by atoms with Crippen LogP contribution in [0.15, 0.2) is 11.4 Å². The first kappa shape index (κ1) is 14.0. The fourth-order valence-corrected chi connectivity index (χ4v) is 1.42. The van der Waals surface area contributed by atoms with E-state index in [-0.39, 0.29) is 11.7 Å². The molecule has 0 saturated carbocycles. The molecule has 0 aliphatic rings. The van der Waals surface area contributed by atoms with E-state index in [1.165, 1.54) is 0 Å². The highest BCUT2D eigenvalue weighted by molar-refractivity contribution is 6.11. The summed E-state index contributed by atoms with van der Waals surface area (Å²) >= 11 is 0. The Morgan fingerprint density at radius 1 is 1.67 bits per heavy atom. The average molecular weight is 253 g/mol. The van der Waals surface area contributed by atoms with E-state index >= 15 is 0 Å². The summed E-state index contributed by atoms with van der Waals surface area (Å²) in [5, 5.41) is 18.5. The van der Waals surface area contributed by atoms with Crippen molar-refractivity contribution in [3.05, 3.63) is 11.9 Å². The molecule has 100 valence electrons. The number of carbonyl (C=O) groups is 1. The van der Waals surface area contributed by atoms with Gasteiger partial charge in [0.05, 0.1) is 11.4 Å². The Bertz CT molecular complexity index is 476. The number of hydrogen-bond donors (Lipinski definition) is 3. The maximum atomic E-state index is 12.1. The summed E-state index contributed by atoms with van der Waals surface area (Å²) in [5.74, 6) is -0.484.